The zero-order valence-electron chi connectivity index (χ0n) is 11.5. The molecule has 1 aromatic rings. The lowest BCUT2D eigenvalue weighted by molar-refractivity contribution is 0.193. The van der Waals surface area contributed by atoms with Crippen LogP contribution < -0.4 is 0 Å². The van der Waals surface area contributed by atoms with Gasteiger partial charge in [-0.1, -0.05) is 18.5 Å². The number of benzene rings is 1. The van der Waals surface area contributed by atoms with Gasteiger partial charge in [-0.05, 0) is 74.8 Å². The zero-order valence-corrected chi connectivity index (χ0v) is 13.9. The molecule has 4 heteroatoms. The van der Waals surface area contributed by atoms with Gasteiger partial charge in [0.25, 0.3) is 0 Å². The fourth-order valence-electron chi connectivity index (χ4n) is 2.29. The van der Waals surface area contributed by atoms with Crippen molar-refractivity contribution in [2.45, 2.75) is 31.1 Å². The van der Waals surface area contributed by atoms with E-state index in [0.29, 0.717) is 0 Å². The number of halogens is 2. The zero-order chi connectivity index (χ0) is 12.8. The summed E-state index contributed by atoms with van der Waals surface area (Å²) in [5.41, 5.74) is 0. The number of nitrogens with zero attached hydrogens (tertiary/aromatic N) is 1. The fourth-order valence-corrected chi connectivity index (χ4v) is 3.26. The summed E-state index contributed by atoms with van der Waals surface area (Å²) in [5, 5.41) is 0.821. The van der Waals surface area contributed by atoms with Gasteiger partial charge in [0.2, 0.25) is 0 Å². The number of hydrogen-bond donors (Lipinski definition) is 0. The molecule has 19 heavy (non-hydrogen) atoms. The van der Waals surface area contributed by atoms with Crippen LogP contribution in [0.1, 0.15) is 26.2 Å². The van der Waals surface area contributed by atoms with Crippen molar-refractivity contribution in [2.75, 3.05) is 25.4 Å². The molecule has 1 fully saturated rings. The van der Waals surface area contributed by atoms with E-state index in [-0.39, 0.29) is 12.4 Å². The molecule has 0 radical (unpaired) electrons. The van der Waals surface area contributed by atoms with Crippen molar-refractivity contribution >= 4 is 35.8 Å². The summed E-state index contributed by atoms with van der Waals surface area (Å²) >= 11 is 7.80. The van der Waals surface area contributed by atoms with Crippen molar-refractivity contribution in [1.82, 2.24) is 4.90 Å². The molecule has 1 heterocycles. The first-order valence-corrected chi connectivity index (χ1v) is 8.21. The Morgan fingerprint density at radius 2 is 1.84 bits per heavy atom. The molecule has 0 spiro atoms. The van der Waals surface area contributed by atoms with Gasteiger partial charge in [-0.3, -0.25) is 0 Å². The Morgan fingerprint density at radius 1 is 1.21 bits per heavy atom. The SMILES string of the molecule is CC1CCN(CCCSc2ccc(Cl)cc2)CC1.Cl. The standard InChI is InChI=1S/C15H22ClNS.ClH/c1-13-7-10-17(11-8-13)9-2-12-18-15-5-3-14(16)4-6-15;/h3-6,13H,2,7-12H2,1H3;1H. The van der Waals surface area contributed by atoms with E-state index < -0.39 is 0 Å². The van der Waals surface area contributed by atoms with Crippen LogP contribution >= 0.6 is 35.8 Å². The van der Waals surface area contributed by atoms with Gasteiger partial charge in [0, 0.05) is 9.92 Å². The predicted molar refractivity (Wildman–Crippen MR) is 88.9 cm³/mol. The Kier molecular flexibility index (Phi) is 8.24. The lowest BCUT2D eigenvalue weighted by atomic mass is 9.99. The van der Waals surface area contributed by atoms with Gasteiger partial charge in [0.15, 0.2) is 0 Å². The van der Waals surface area contributed by atoms with Crippen LogP contribution in [-0.4, -0.2) is 30.3 Å². The largest absolute Gasteiger partial charge is 0.303 e. The minimum absolute atomic E-state index is 0. The van der Waals surface area contributed by atoms with Crippen molar-refractivity contribution < 1.29 is 0 Å². The number of hydrogen-bond acceptors (Lipinski definition) is 2. The van der Waals surface area contributed by atoms with E-state index in [0.717, 1.165) is 10.9 Å². The maximum Gasteiger partial charge on any atom is 0.0406 e. The number of piperidine rings is 1. The maximum atomic E-state index is 5.87. The lowest BCUT2D eigenvalue weighted by Crippen LogP contribution is -2.33. The Labute approximate surface area is 132 Å². The van der Waals surface area contributed by atoms with Crippen molar-refractivity contribution in [3.05, 3.63) is 29.3 Å². The molecule has 1 aromatic carbocycles. The fraction of sp³-hybridized carbons (Fsp3) is 0.600. The highest BCUT2D eigenvalue weighted by Crippen LogP contribution is 2.21. The van der Waals surface area contributed by atoms with Crippen molar-refractivity contribution in [2.24, 2.45) is 5.92 Å². The molecule has 0 aliphatic carbocycles. The van der Waals surface area contributed by atoms with Gasteiger partial charge in [0.05, 0.1) is 0 Å². The van der Waals surface area contributed by atoms with Crippen LogP contribution in [0.4, 0.5) is 0 Å². The minimum atomic E-state index is 0. The van der Waals surface area contributed by atoms with E-state index in [1.54, 1.807) is 0 Å². The van der Waals surface area contributed by atoms with E-state index in [4.69, 9.17) is 11.6 Å². The van der Waals surface area contributed by atoms with Crippen LogP contribution in [-0.2, 0) is 0 Å². The Hall–Kier alpha value is 0.110. The quantitative estimate of drug-likeness (QED) is 0.556. The van der Waals surface area contributed by atoms with E-state index in [1.165, 1.54) is 49.5 Å². The molecule has 108 valence electrons. The third-order valence-corrected chi connectivity index (χ3v) is 4.93. The maximum absolute atomic E-state index is 5.87. The van der Waals surface area contributed by atoms with Crippen LogP contribution in [0.25, 0.3) is 0 Å². The van der Waals surface area contributed by atoms with Gasteiger partial charge < -0.3 is 4.90 Å². The second kappa shape index (κ2) is 9.12. The molecule has 0 aromatic heterocycles. The molecule has 1 saturated heterocycles. The molecule has 0 unspecified atom stereocenters. The second-order valence-corrected chi connectivity index (χ2v) is 6.78. The molecule has 0 saturated carbocycles. The molecule has 1 aliphatic heterocycles. The second-order valence-electron chi connectivity index (χ2n) is 5.18. The lowest BCUT2D eigenvalue weighted by Gasteiger charge is -2.30. The van der Waals surface area contributed by atoms with Crippen LogP contribution in [0.5, 0.6) is 0 Å². The van der Waals surface area contributed by atoms with E-state index >= 15 is 0 Å². The molecular weight excluding hydrogens is 297 g/mol. The summed E-state index contributed by atoms with van der Waals surface area (Å²) in [7, 11) is 0. The summed E-state index contributed by atoms with van der Waals surface area (Å²) < 4.78 is 0. The van der Waals surface area contributed by atoms with Gasteiger partial charge in [0.1, 0.15) is 0 Å². The molecule has 1 nitrogen and oxygen atoms in total. The highest BCUT2D eigenvalue weighted by molar-refractivity contribution is 7.99. The van der Waals surface area contributed by atoms with E-state index in [2.05, 4.69) is 24.0 Å². The molecule has 0 atom stereocenters. The summed E-state index contributed by atoms with van der Waals surface area (Å²) in [6.45, 7) is 6.22. The summed E-state index contributed by atoms with van der Waals surface area (Å²) in [5.74, 6) is 2.14. The average molecular weight is 320 g/mol. The molecule has 0 bridgehead atoms. The van der Waals surface area contributed by atoms with Crippen LogP contribution in [0.15, 0.2) is 29.2 Å². The molecular formula is C15H23Cl2NS. The van der Waals surface area contributed by atoms with Crippen molar-refractivity contribution in [3.63, 3.8) is 0 Å². The first-order chi connectivity index (χ1) is 8.74. The first kappa shape index (κ1) is 17.2. The normalized spacial score (nSPS) is 17.2. The third-order valence-electron chi connectivity index (χ3n) is 3.58. The van der Waals surface area contributed by atoms with Gasteiger partial charge in [-0.25, -0.2) is 0 Å². The van der Waals surface area contributed by atoms with Crippen LogP contribution in [0.2, 0.25) is 5.02 Å². The van der Waals surface area contributed by atoms with Crippen molar-refractivity contribution in [1.29, 1.82) is 0 Å². The molecule has 2 rings (SSSR count). The molecule has 1 aliphatic rings. The number of thioether (sulfide) groups is 1. The molecule has 0 N–H and O–H groups in total. The van der Waals surface area contributed by atoms with Crippen molar-refractivity contribution in [3.8, 4) is 0 Å². The third kappa shape index (κ3) is 6.40. The van der Waals surface area contributed by atoms with E-state index in [1.807, 2.05) is 23.9 Å². The highest BCUT2D eigenvalue weighted by atomic mass is 35.5. The van der Waals surface area contributed by atoms with Gasteiger partial charge in [-0.2, -0.15) is 0 Å². The summed E-state index contributed by atoms with van der Waals surface area (Å²) in [6, 6.07) is 8.15. The first-order valence-electron chi connectivity index (χ1n) is 6.85. The minimum Gasteiger partial charge on any atom is -0.303 e. The Morgan fingerprint density at radius 3 is 2.47 bits per heavy atom. The monoisotopic (exact) mass is 319 g/mol. The predicted octanol–water partition coefficient (Wildman–Crippen LogP) is 4.98. The smallest absolute Gasteiger partial charge is 0.0406 e. The van der Waals surface area contributed by atoms with E-state index in [9.17, 15) is 0 Å². The van der Waals surface area contributed by atoms with Gasteiger partial charge in [-0.15, -0.1) is 24.2 Å². The summed E-state index contributed by atoms with van der Waals surface area (Å²) in [4.78, 5) is 3.94. The summed E-state index contributed by atoms with van der Waals surface area (Å²) in [6.07, 6.45) is 4.04. The number of likely N-dealkylation sites (tertiary alicyclic amines) is 1. The Bertz CT molecular complexity index is 348. The highest BCUT2D eigenvalue weighted by Gasteiger charge is 2.14. The topological polar surface area (TPSA) is 3.24 Å². The van der Waals surface area contributed by atoms with Crippen LogP contribution in [0, 0.1) is 5.92 Å². The molecule has 0 amide bonds. The average Bonchev–Trinajstić information content (AvgIpc) is 2.39. The number of rotatable bonds is 5. The Balaban J connectivity index is 0.00000180. The van der Waals surface area contributed by atoms with Gasteiger partial charge >= 0.3 is 0 Å². The van der Waals surface area contributed by atoms with Crippen LogP contribution in [0.3, 0.4) is 0 Å².